The summed E-state index contributed by atoms with van der Waals surface area (Å²) in [6, 6.07) is 5.69. The lowest BCUT2D eigenvalue weighted by Crippen LogP contribution is -2.48. The van der Waals surface area contributed by atoms with Crippen LogP contribution in [0.1, 0.15) is 37.8 Å². The van der Waals surface area contributed by atoms with Gasteiger partial charge in [-0.1, -0.05) is 6.07 Å². The van der Waals surface area contributed by atoms with Crippen molar-refractivity contribution in [1.29, 1.82) is 0 Å². The Bertz CT molecular complexity index is 633. The van der Waals surface area contributed by atoms with Gasteiger partial charge in [0.25, 0.3) is 0 Å². The number of aromatic nitrogens is 1. The zero-order valence-electron chi connectivity index (χ0n) is 14.5. The molecule has 3 aliphatic heterocycles. The zero-order chi connectivity index (χ0) is 17.3. The fraction of sp³-hybridized carbons (Fsp3) is 0.632. The van der Waals surface area contributed by atoms with Crippen molar-refractivity contribution in [1.82, 2.24) is 14.8 Å². The fourth-order valence-corrected chi connectivity index (χ4v) is 4.32. The number of amides is 2. The molecule has 0 N–H and O–H groups in total. The molecule has 0 bridgehead atoms. The quantitative estimate of drug-likeness (QED) is 0.836. The minimum absolute atomic E-state index is 0.0211. The maximum Gasteiger partial charge on any atom is 0.227 e. The van der Waals surface area contributed by atoms with Crippen molar-refractivity contribution >= 4 is 11.8 Å². The van der Waals surface area contributed by atoms with E-state index in [-0.39, 0.29) is 23.3 Å². The zero-order valence-corrected chi connectivity index (χ0v) is 14.5. The van der Waals surface area contributed by atoms with Gasteiger partial charge in [-0.3, -0.25) is 14.6 Å². The van der Waals surface area contributed by atoms with Crippen LogP contribution >= 0.6 is 0 Å². The van der Waals surface area contributed by atoms with Crippen LogP contribution in [0, 0.1) is 5.92 Å². The molecule has 4 heterocycles. The molecule has 2 amide bonds. The van der Waals surface area contributed by atoms with Crippen molar-refractivity contribution in [3.63, 3.8) is 0 Å². The summed E-state index contributed by atoms with van der Waals surface area (Å²) in [6.45, 7) is 3.36. The third kappa shape index (κ3) is 3.40. The van der Waals surface area contributed by atoms with E-state index in [2.05, 4.69) is 4.98 Å². The molecule has 1 aromatic heterocycles. The van der Waals surface area contributed by atoms with E-state index in [1.807, 2.05) is 23.1 Å². The smallest absolute Gasteiger partial charge is 0.227 e. The Balaban J connectivity index is 1.33. The van der Waals surface area contributed by atoms with E-state index in [0.29, 0.717) is 19.5 Å². The lowest BCUT2D eigenvalue weighted by Gasteiger charge is -2.39. The lowest BCUT2D eigenvalue weighted by atomic mass is 9.88. The van der Waals surface area contributed by atoms with E-state index in [1.54, 1.807) is 11.1 Å². The number of piperidine rings is 1. The van der Waals surface area contributed by atoms with Crippen LogP contribution in [0.3, 0.4) is 0 Å². The van der Waals surface area contributed by atoms with Gasteiger partial charge in [0.15, 0.2) is 0 Å². The number of likely N-dealkylation sites (tertiary alicyclic amines) is 2. The Morgan fingerprint density at radius 3 is 2.80 bits per heavy atom. The van der Waals surface area contributed by atoms with Crippen LogP contribution in [0.15, 0.2) is 24.4 Å². The van der Waals surface area contributed by atoms with Crippen LogP contribution in [-0.4, -0.2) is 58.4 Å². The van der Waals surface area contributed by atoms with Crippen molar-refractivity contribution in [2.24, 2.45) is 5.92 Å². The summed E-state index contributed by atoms with van der Waals surface area (Å²) in [5.74, 6) is -0.0314. The Morgan fingerprint density at radius 1 is 1.28 bits per heavy atom. The highest BCUT2D eigenvalue weighted by molar-refractivity contribution is 5.89. The van der Waals surface area contributed by atoms with Gasteiger partial charge < -0.3 is 14.5 Å². The van der Waals surface area contributed by atoms with E-state index >= 15 is 0 Å². The number of ether oxygens (including phenoxy) is 1. The topological polar surface area (TPSA) is 62.7 Å². The molecule has 0 unspecified atom stereocenters. The average molecular weight is 343 g/mol. The van der Waals surface area contributed by atoms with Gasteiger partial charge in [-0.25, -0.2) is 0 Å². The Hall–Kier alpha value is -1.95. The van der Waals surface area contributed by atoms with Gasteiger partial charge >= 0.3 is 0 Å². The van der Waals surface area contributed by atoms with Gasteiger partial charge in [-0.05, 0) is 37.8 Å². The van der Waals surface area contributed by atoms with Gasteiger partial charge in [-0.15, -0.1) is 0 Å². The number of hydrogen-bond acceptors (Lipinski definition) is 4. The minimum atomic E-state index is -0.213. The highest BCUT2D eigenvalue weighted by atomic mass is 16.5. The van der Waals surface area contributed by atoms with Crippen LogP contribution in [-0.2, 0) is 20.9 Å². The Morgan fingerprint density at radius 2 is 2.12 bits per heavy atom. The van der Waals surface area contributed by atoms with E-state index in [9.17, 15) is 9.59 Å². The molecule has 0 saturated carbocycles. The first-order valence-corrected chi connectivity index (χ1v) is 9.26. The molecule has 1 spiro atoms. The lowest BCUT2D eigenvalue weighted by molar-refractivity contribution is -0.140. The molecule has 6 nitrogen and oxygen atoms in total. The number of pyridine rings is 1. The largest absolute Gasteiger partial charge is 0.375 e. The summed E-state index contributed by atoms with van der Waals surface area (Å²) in [4.78, 5) is 33.1. The first-order chi connectivity index (χ1) is 12.2. The molecular formula is C19H25N3O3. The standard InChI is InChI=1S/C19H25N3O3/c23-17-12-15(13-22(17)14-16-4-1-2-8-20-16)18(24)21-9-6-19(7-10-21)5-3-11-25-19/h1-2,4,8,15H,3,5-7,9-14H2/t15-/m0/s1. The molecule has 1 aromatic rings. The van der Waals surface area contributed by atoms with Crippen LogP contribution in [0.2, 0.25) is 0 Å². The maximum absolute atomic E-state index is 12.8. The van der Waals surface area contributed by atoms with E-state index in [0.717, 1.165) is 51.1 Å². The third-order valence-corrected chi connectivity index (χ3v) is 5.81. The van der Waals surface area contributed by atoms with Crippen molar-refractivity contribution < 1.29 is 14.3 Å². The first-order valence-electron chi connectivity index (χ1n) is 9.26. The molecule has 0 aliphatic carbocycles. The summed E-state index contributed by atoms with van der Waals surface area (Å²) in [5, 5.41) is 0. The van der Waals surface area contributed by atoms with Gasteiger partial charge in [-0.2, -0.15) is 0 Å². The summed E-state index contributed by atoms with van der Waals surface area (Å²) in [7, 11) is 0. The second kappa shape index (κ2) is 6.75. The maximum atomic E-state index is 12.8. The van der Waals surface area contributed by atoms with E-state index < -0.39 is 0 Å². The van der Waals surface area contributed by atoms with Gasteiger partial charge in [0, 0.05) is 38.9 Å². The second-order valence-corrected chi connectivity index (χ2v) is 7.46. The highest BCUT2D eigenvalue weighted by Crippen LogP contribution is 2.36. The first kappa shape index (κ1) is 16.5. The average Bonchev–Trinajstić information content (AvgIpc) is 3.23. The van der Waals surface area contributed by atoms with Crippen LogP contribution < -0.4 is 0 Å². The minimum Gasteiger partial charge on any atom is -0.375 e. The predicted octanol–water partition coefficient (Wildman–Crippen LogP) is 1.60. The van der Waals surface area contributed by atoms with Gasteiger partial charge in [0.05, 0.1) is 23.8 Å². The van der Waals surface area contributed by atoms with Crippen LogP contribution in [0.5, 0.6) is 0 Å². The monoisotopic (exact) mass is 343 g/mol. The molecule has 6 heteroatoms. The fourth-order valence-electron chi connectivity index (χ4n) is 4.32. The molecule has 134 valence electrons. The summed E-state index contributed by atoms with van der Waals surface area (Å²) in [5.41, 5.74) is 0.884. The summed E-state index contributed by atoms with van der Waals surface area (Å²) in [6.07, 6.45) is 6.16. The Labute approximate surface area is 148 Å². The van der Waals surface area contributed by atoms with Crippen molar-refractivity contribution in [3.8, 4) is 0 Å². The van der Waals surface area contributed by atoms with Crippen molar-refractivity contribution in [2.75, 3.05) is 26.2 Å². The van der Waals surface area contributed by atoms with Crippen molar-refractivity contribution in [2.45, 2.75) is 44.2 Å². The molecular weight excluding hydrogens is 318 g/mol. The van der Waals surface area contributed by atoms with Crippen LogP contribution in [0.25, 0.3) is 0 Å². The molecule has 0 aromatic carbocycles. The van der Waals surface area contributed by atoms with Crippen molar-refractivity contribution in [3.05, 3.63) is 30.1 Å². The van der Waals surface area contributed by atoms with Crippen LogP contribution in [0.4, 0.5) is 0 Å². The number of carbonyl (C=O) groups is 2. The van der Waals surface area contributed by atoms with E-state index in [4.69, 9.17) is 4.74 Å². The molecule has 3 aliphatic rings. The number of nitrogens with zero attached hydrogens (tertiary/aromatic N) is 3. The molecule has 1 atom stereocenters. The molecule has 3 saturated heterocycles. The van der Waals surface area contributed by atoms with Gasteiger partial charge in [0.1, 0.15) is 0 Å². The Kier molecular flexibility index (Phi) is 4.46. The highest BCUT2D eigenvalue weighted by Gasteiger charge is 2.42. The number of carbonyl (C=O) groups excluding carboxylic acids is 2. The number of rotatable bonds is 3. The second-order valence-electron chi connectivity index (χ2n) is 7.46. The summed E-state index contributed by atoms with van der Waals surface area (Å²) >= 11 is 0. The predicted molar refractivity (Wildman–Crippen MR) is 91.5 cm³/mol. The third-order valence-electron chi connectivity index (χ3n) is 5.81. The van der Waals surface area contributed by atoms with Gasteiger partial charge in [0.2, 0.25) is 11.8 Å². The molecule has 3 fully saturated rings. The molecule has 0 radical (unpaired) electrons. The normalized spacial score (nSPS) is 25.8. The number of hydrogen-bond donors (Lipinski definition) is 0. The molecule has 4 rings (SSSR count). The van der Waals surface area contributed by atoms with E-state index in [1.165, 1.54) is 0 Å². The summed E-state index contributed by atoms with van der Waals surface area (Å²) < 4.78 is 5.93. The SMILES string of the molecule is O=C1C[C@H](C(=O)N2CCC3(CCCO3)CC2)CN1Cc1ccccn1. The molecule has 25 heavy (non-hydrogen) atoms.